The number of carbonyl (C=O) groups excluding carboxylic acids is 1. The molecule has 0 heterocycles. The second kappa shape index (κ2) is 17.2. The highest BCUT2D eigenvalue weighted by molar-refractivity contribution is 5.48. The predicted molar refractivity (Wildman–Crippen MR) is 85.4 cm³/mol. The highest BCUT2D eigenvalue weighted by atomic mass is 16.1. The van der Waals surface area contributed by atoms with Gasteiger partial charge in [-0.1, -0.05) is 82.6 Å². The summed E-state index contributed by atoms with van der Waals surface area (Å²) in [6.07, 6.45) is 23.7. The Balaban J connectivity index is 2.96. The predicted octanol–water partition coefficient (Wildman–Crippen LogP) is 6.00. The molecule has 0 aromatic rings. The van der Waals surface area contributed by atoms with Crippen LogP contribution in [0, 0.1) is 0 Å². The molecule has 0 aliphatic carbocycles. The molecule has 0 radical (unpaired) electrons. The fraction of sp³-hybridized carbons (Fsp3) is 0.722. The Morgan fingerprint density at radius 3 is 1.47 bits per heavy atom. The standard InChI is InChI=1S/C18H32O/c1-2-3-4-5-6-7-8-9-10-11-12-13-14-15-16-17-18-19/h2-4,18H,1,5-17H2. The molecule has 19 heavy (non-hydrogen) atoms. The molecule has 1 nitrogen and oxygen atoms in total. The average Bonchev–Trinajstić information content (AvgIpc) is 2.43. The molecular formula is C18H32O. The summed E-state index contributed by atoms with van der Waals surface area (Å²) in [6.45, 7) is 3.66. The number of rotatable bonds is 15. The topological polar surface area (TPSA) is 17.1 Å². The van der Waals surface area contributed by atoms with E-state index in [1.165, 1.54) is 70.6 Å². The van der Waals surface area contributed by atoms with Crippen molar-refractivity contribution in [3.63, 3.8) is 0 Å². The fourth-order valence-corrected chi connectivity index (χ4v) is 2.27. The third-order valence-corrected chi connectivity index (χ3v) is 3.46. The van der Waals surface area contributed by atoms with Gasteiger partial charge in [-0.3, -0.25) is 0 Å². The van der Waals surface area contributed by atoms with Crippen molar-refractivity contribution >= 4 is 6.29 Å². The summed E-state index contributed by atoms with van der Waals surface area (Å²) < 4.78 is 0. The molecule has 0 unspecified atom stereocenters. The number of hydrogen-bond acceptors (Lipinski definition) is 1. The van der Waals surface area contributed by atoms with Crippen LogP contribution in [0.15, 0.2) is 24.8 Å². The van der Waals surface area contributed by atoms with Gasteiger partial charge in [-0.15, -0.1) is 0 Å². The van der Waals surface area contributed by atoms with Crippen molar-refractivity contribution in [1.82, 2.24) is 0 Å². The minimum Gasteiger partial charge on any atom is -0.303 e. The molecule has 1 heteroatoms. The first-order chi connectivity index (χ1) is 9.41. The first-order valence-electron chi connectivity index (χ1n) is 8.13. The zero-order valence-corrected chi connectivity index (χ0v) is 12.6. The van der Waals surface area contributed by atoms with E-state index in [-0.39, 0.29) is 0 Å². The van der Waals surface area contributed by atoms with Crippen LogP contribution >= 0.6 is 0 Å². The van der Waals surface area contributed by atoms with E-state index in [2.05, 4.69) is 12.7 Å². The van der Waals surface area contributed by atoms with Crippen LogP contribution in [0.3, 0.4) is 0 Å². The van der Waals surface area contributed by atoms with Gasteiger partial charge in [0.2, 0.25) is 0 Å². The van der Waals surface area contributed by atoms with Crippen molar-refractivity contribution in [2.45, 2.75) is 83.5 Å². The van der Waals surface area contributed by atoms with Gasteiger partial charge in [0.05, 0.1) is 0 Å². The molecule has 0 bridgehead atoms. The zero-order chi connectivity index (χ0) is 14.0. The van der Waals surface area contributed by atoms with Gasteiger partial charge >= 0.3 is 0 Å². The lowest BCUT2D eigenvalue weighted by Crippen LogP contribution is -1.83. The van der Waals surface area contributed by atoms with Gasteiger partial charge in [0, 0.05) is 6.42 Å². The summed E-state index contributed by atoms with van der Waals surface area (Å²) in [5.74, 6) is 0. The Labute approximate surface area is 120 Å². The highest BCUT2D eigenvalue weighted by Gasteiger charge is 1.93. The molecule has 0 aromatic carbocycles. The van der Waals surface area contributed by atoms with Crippen LogP contribution in [0.5, 0.6) is 0 Å². The summed E-state index contributed by atoms with van der Waals surface area (Å²) in [5, 5.41) is 0. The van der Waals surface area contributed by atoms with Gasteiger partial charge in [0.25, 0.3) is 0 Å². The molecule has 0 aliphatic rings. The zero-order valence-electron chi connectivity index (χ0n) is 12.6. The molecular weight excluding hydrogens is 232 g/mol. The van der Waals surface area contributed by atoms with E-state index in [4.69, 9.17) is 0 Å². The van der Waals surface area contributed by atoms with Crippen LogP contribution in [0.1, 0.15) is 83.5 Å². The van der Waals surface area contributed by atoms with Gasteiger partial charge in [-0.25, -0.2) is 0 Å². The van der Waals surface area contributed by atoms with Crippen molar-refractivity contribution in [3.05, 3.63) is 24.8 Å². The van der Waals surface area contributed by atoms with E-state index in [0.717, 1.165) is 19.1 Å². The first-order valence-corrected chi connectivity index (χ1v) is 8.13. The average molecular weight is 264 g/mol. The smallest absolute Gasteiger partial charge is 0.119 e. The minimum absolute atomic E-state index is 0.752. The van der Waals surface area contributed by atoms with Crippen LogP contribution in [-0.4, -0.2) is 6.29 Å². The number of allylic oxidation sites excluding steroid dienone is 3. The third-order valence-electron chi connectivity index (χ3n) is 3.46. The largest absolute Gasteiger partial charge is 0.303 e. The van der Waals surface area contributed by atoms with Crippen LogP contribution in [0.4, 0.5) is 0 Å². The van der Waals surface area contributed by atoms with E-state index in [1.54, 1.807) is 0 Å². The van der Waals surface area contributed by atoms with Crippen molar-refractivity contribution in [3.8, 4) is 0 Å². The maximum absolute atomic E-state index is 10.1. The van der Waals surface area contributed by atoms with E-state index in [0.29, 0.717) is 0 Å². The van der Waals surface area contributed by atoms with Crippen molar-refractivity contribution < 1.29 is 4.79 Å². The van der Waals surface area contributed by atoms with Gasteiger partial charge in [0.15, 0.2) is 0 Å². The second-order valence-electron chi connectivity index (χ2n) is 5.30. The first kappa shape index (κ1) is 18.1. The molecule has 0 atom stereocenters. The molecule has 0 aliphatic heterocycles. The van der Waals surface area contributed by atoms with Crippen LogP contribution in [0.2, 0.25) is 0 Å². The van der Waals surface area contributed by atoms with E-state index >= 15 is 0 Å². The van der Waals surface area contributed by atoms with Crippen molar-refractivity contribution in [2.75, 3.05) is 0 Å². The number of unbranched alkanes of at least 4 members (excludes halogenated alkanes) is 12. The highest BCUT2D eigenvalue weighted by Crippen LogP contribution is 2.12. The SMILES string of the molecule is C=CC=CCCCCCCCCCCCCCC=O. The molecule has 0 spiro atoms. The Bertz CT molecular complexity index is 218. The summed E-state index contributed by atoms with van der Waals surface area (Å²) in [6, 6.07) is 0. The molecule has 0 amide bonds. The second-order valence-corrected chi connectivity index (χ2v) is 5.30. The van der Waals surface area contributed by atoms with E-state index in [9.17, 15) is 4.79 Å². The number of aldehydes is 1. The molecule has 0 saturated heterocycles. The fourth-order valence-electron chi connectivity index (χ4n) is 2.27. The summed E-state index contributed by atoms with van der Waals surface area (Å²) in [7, 11) is 0. The maximum atomic E-state index is 10.1. The van der Waals surface area contributed by atoms with Crippen LogP contribution in [0.25, 0.3) is 0 Å². The van der Waals surface area contributed by atoms with Gasteiger partial charge < -0.3 is 4.79 Å². The lowest BCUT2D eigenvalue weighted by molar-refractivity contribution is -0.107. The van der Waals surface area contributed by atoms with Crippen molar-refractivity contribution in [2.24, 2.45) is 0 Å². The summed E-state index contributed by atoms with van der Waals surface area (Å²) >= 11 is 0. The lowest BCUT2D eigenvalue weighted by Gasteiger charge is -2.02. The Kier molecular flexibility index (Phi) is 16.4. The molecule has 110 valence electrons. The number of carbonyl (C=O) groups is 1. The van der Waals surface area contributed by atoms with Gasteiger partial charge in [0.1, 0.15) is 6.29 Å². The minimum atomic E-state index is 0.752. The normalized spacial score (nSPS) is 10.9. The monoisotopic (exact) mass is 264 g/mol. The van der Waals surface area contributed by atoms with Crippen LogP contribution < -0.4 is 0 Å². The van der Waals surface area contributed by atoms with Gasteiger partial charge in [-0.2, -0.15) is 0 Å². The Morgan fingerprint density at radius 1 is 0.632 bits per heavy atom. The third kappa shape index (κ3) is 17.1. The summed E-state index contributed by atoms with van der Waals surface area (Å²) in [5.41, 5.74) is 0. The summed E-state index contributed by atoms with van der Waals surface area (Å²) in [4.78, 5) is 10.1. The molecule has 0 saturated carbocycles. The molecule has 0 aromatic heterocycles. The molecule has 0 fully saturated rings. The van der Waals surface area contributed by atoms with E-state index in [1.807, 2.05) is 12.2 Å². The quantitative estimate of drug-likeness (QED) is 0.201. The number of hydrogen-bond donors (Lipinski definition) is 0. The molecule has 0 N–H and O–H groups in total. The lowest BCUT2D eigenvalue weighted by atomic mass is 10.0. The van der Waals surface area contributed by atoms with E-state index < -0.39 is 0 Å². The Morgan fingerprint density at radius 2 is 1.05 bits per heavy atom. The Hall–Kier alpha value is -0.850. The molecule has 0 rings (SSSR count). The maximum Gasteiger partial charge on any atom is 0.119 e. The van der Waals surface area contributed by atoms with Crippen molar-refractivity contribution in [1.29, 1.82) is 0 Å². The van der Waals surface area contributed by atoms with Gasteiger partial charge in [-0.05, 0) is 19.3 Å². The van der Waals surface area contributed by atoms with Crippen LogP contribution in [-0.2, 0) is 4.79 Å².